The third-order valence-electron chi connectivity index (χ3n) is 7.02. The lowest BCUT2D eigenvalue weighted by Crippen LogP contribution is -2.36. The van der Waals surface area contributed by atoms with Gasteiger partial charge in [0.05, 0.1) is 38.7 Å². The molecular formula is C31H33N5O4S2. The van der Waals surface area contributed by atoms with E-state index in [0.29, 0.717) is 38.9 Å². The fourth-order valence-electron chi connectivity index (χ4n) is 4.89. The van der Waals surface area contributed by atoms with Crippen molar-refractivity contribution in [3.05, 3.63) is 82.7 Å². The van der Waals surface area contributed by atoms with Crippen LogP contribution in [0.4, 0.5) is 11.4 Å². The molecule has 2 aromatic carbocycles. The van der Waals surface area contributed by atoms with Crippen LogP contribution >= 0.6 is 23.5 Å². The van der Waals surface area contributed by atoms with Gasteiger partial charge in [0.25, 0.3) is 0 Å². The van der Waals surface area contributed by atoms with Crippen LogP contribution in [-0.4, -0.2) is 68.2 Å². The topological polar surface area (TPSA) is 102 Å². The molecule has 2 aliphatic rings. The summed E-state index contributed by atoms with van der Waals surface area (Å²) in [5, 5.41) is 3.58. The Morgan fingerprint density at radius 1 is 1.02 bits per heavy atom. The fraction of sp³-hybridized carbons (Fsp3) is 0.323. The zero-order valence-electron chi connectivity index (χ0n) is 23.6. The normalized spacial score (nSPS) is 15.1. The molecule has 0 saturated carbocycles. The molecule has 218 valence electrons. The van der Waals surface area contributed by atoms with Gasteiger partial charge in [0.1, 0.15) is 6.04 Å². The zero-order chi connectivity index (χ0) is 28.9. The van der Waals surface area contributed by atoms with Gasteiger partial charge >= 0.3 is 0 Å². The lowest BCUT2D eigenvalue weighted by atomic mass is 10.1. The van der Waals surface area contributed by atoms with Crippen LogP contribution in [0.5, 0.6) is 0 Å². The molecule has 6 rings (SSSR count). The Morgan fingerprint density at radius 3 is 2.67 bits per heavy atom. The Balaban J connectivity index is 1.24. The van der Waals surface area contributed by atoms with Gasteiger partial charge in [0.2, 0.25) is 5.56 Å². The number of methoxy groups -OCH3 is 1. The molecular weight excluding hydrogens is 571 g/mol. The molecule has 1 atom stereocenters. The van der Waals surface area contributed by atoms with E-state index in [2.05, 4.69) is 67.6 Å². The van der Waals surface area contributed by atoms with E-state index in [-0.39, 0.29) is 11.6 Å². The average molecular weight is 604 g/mol. The summed E-state index contributed by atoms with van der Waals surface area (Å²) in [5.74, 6) is 0.682. The maximum absolute atomic E-state index is 12.7. The Labute approximate surface area is 253 Å². The fourth-order valence-corrected chi connectivity index (χ4v) is 7.30. The largest absolute Gasteiger partial charge is 0.382 e. The smallest absolute Gasteiger partial charge is 0.250 e. The highest BCUT2D eigenvalue weighted by Gasteiger charge is 2.23. The second-order valence-corrected chi connectivity index (χ2v) is 12.2. The van der Waals surface area contributed by atoms with Crippen LogP contribution in [-0.2, 0) is 14.2 Å². The van der Waals surface area contributed by atoms with Crippen LogP contribution in [0.1, 0.15) is 17.4 Å². The van der Waals surface area contributed by atoms with Gasteiger partial charge in [-0.05, 0) is 42.8 Å². The summed E-state index contributed by atoms with van der Waals surface area (Å²) >= 11 is 3.46. The predicted molar refractivity (Wildman–Crippen MR) is 166 cm³/mol. The van der Waals surface area contributed by atoms with Crippen LogP contribution in [0.25, 0.3) is 11.3 Å². The number of pyridine rings is 1. The van der Waals surface area contributed by atoms with E-state index < -0.39 is 0 Å². The minimum Gasteiger partial charge on any atom is -0.382 e. The molecule has 9 nitrogen and oxygen atoms in total. The van der Waals surface area contributed by atoms with Crippen molar-refractivity contribution in [3.8, 4) is 11.3 Å². The van der Waals surface area contributed by atoms with Gasteiger partial charge in [-0.2, -0.15) is 0 Å². The van der Waals surface area contributed by atoms with Gasteiger partial charge in [-0.3, -0.25) is 4.79 Å². The van der Waals surface area contributed by atoms with Crippen LogP contribution in [0.2, 0.25) is 0 Å². The molecule has 2 aliphatic heterocycles. The molecule has 0 amide bonds. The summed E-state index contributed by atoms with van der Waals surface area (Å²) in [6.07, 6.45) is 3.65. The number of anilines is 2. The van der Waals surface area contributed by atoms with E-state index in [1.54, 1.807) is 36.7 Å². The van der Waals surface area contributed by atoms with Crippen molar-refractivity contribution in [1.29, 1.82) is 0 Å². The van der Waals surface area contributed by atoms with E-state index in [4.69, 9.17) is 14.2 Å². The molecule has 0 bridgehead atoms. The lowest BCUT2D eigenvalue weighted by Gasteiger charge is -2.29. The summed E-state index contributed by atoms with van der Waals surface area (Å²) in [7, 11) is 1.66. The molecule has 42 heavy (non-hydrogen) atoms. The van der Waals surface area contributed by atoms with Crippen molar-refractivity contribution in [1.82, 2.24) is 15.0 Å². The molecule has 2 aromatic heterocycles. The van der Waals surface area contributed by atoms with Crippen LogP contribution in [0, 0.1) is 6.92 Å². The highest BCUT2D eigenvalue weighted by molar-refractivity contribution is 8.05. The predicted octanol–water partition coefficient (Wildman–Crippen LogP) is 5.41. The summed E-state index contributed by atoms with van der Waals surface area (Å²) in [6, 6.07) is 16.2. The molecule has 1 saturated heterocycles. The molecule has 2 N–H and O–H groups in total. The van der Waals surface area contributed by atoms with Crippen molar-refractivity contribution in [3.63, 3.8) is 0 Å². The monoisotopic (exact) mass is 603 g/mol. The first kappa shape index (κ1) is 28.8. The summed E-state index contributed by atoms with van der Waals surface area (Å²) in [4.78, 5) is 31.7. The molecule has 4 heterocycles. The minimum atomic E-state index is -0.212. The van der Waals surface area contributed by atoms with Gasteiger partial charge in [0, 0.05) is 75.2 Å². The van der Waals surface area contributed by atoms with E-state index in [1.165, 1.54) is 0 Å². The molecule has 4 aromatic rings. The average Bonchev–Trinajstić information content (AvgIpc) is 3.02. The van der Waals surface area contributed by atoms with E-state index in [0.717, 1.165) is 60.9 Å². The summed E-state index contributed by atoms with van der Waals surface area (Å²) in [6.45, 7) is 6.31. The first-order chi connectivity index (χ1) is 20.6. The minimum absolute atomic E-state index is 0.102. The third-order valence-corrected chi connectivity index (χ3v) is 9.62. The molecule has 1 unspecified atom stereocenters. The van der Waals surface area contributed by atoms with Gasteiger partial charge in [-0.25, -0.2) is 9.97 Å². The van der Waals surface area contributed by atoms with E-state index in [9.17, 15) is 4.79 Å². The van der Waals surface area contributed by atoms with Crippen molar-refractivity contribution in [2.45, 2.75) is 32.5 Å². The number of fused-ring (bicyclic) bond motifs is 2. The van der Waals surface area contributed by atoms with Crippen molar-refractivity contribution >= 4 is 34.9 Å². The number of benzene rings is 2. The number of rotatable bonds is 10. The van der Waals surface area contributed by atoms with Gasteiger partial charge in [0.15, 0.2) is 5.82 Å². The van der Waals surface area contributed by atoms with E-state index in [1.807, 2.05) is 19.3 Å². The SMILES string of the molecule is COCCOCC(Nc1ccc2c(c1)Sc1cccc(-c3cc(N4CCOCC4)cc(=O)[nH]3)c1S2)c1ncc(C)cn1. The van der Waals surface area contributed by atoms with Crippen molar-refractivity contribution in [2.75, 3.05) is 63.5 Å². The van der Waals surface area contributed by atoms with Gasteiger partial charge in [-0.15, -0.1) is 0 Å². The first-order valence-corrected chi connectivity index (χ1v) is 15.5. The number of aromatic amines is 1. The highest BCUT2D eigenvalue weighted by Crippen LogP contribution is 2.52. The van der Waals surface area contributed by atoms with Crippen molar-refractivity contribution in [2.24, 2.45) is 0 Å². The van der Waals surface area contributed by atoms with Gasteiger partial charge in [-0.1, -0.05) is 35.7 Å². The first-order valence-electron chi connectivity index (χ1n) is 13.9. The Bertz CT molecular complexity index is 1590. The summed E-state index contributed by atoms with van der Waals surface area (Å²) < 4.78 is 16.5. The second-order valence-electron chi connectivity index (χ2n) is 10.1. The zero-order valence-corrected chi connectivity index (χ0v) is 25.2. The Hall–Kier alpha value is -3.35. The lowest BCUT2D eigenvalue weighted by molar-refractivity contribution is 0.0649. The molecule has 0 radical (unpaired) electrons. The maximum atomic E-state index is 12.7. The second kappa shape index (κ2) is 13.3. The summed E-state index contributed by atoms with van der Waals surface area (Å²) in [5.41, 5.74) is 4.65. The quantitative estimate of drug-likeness (QED) is 0.202. The molecule has 0 spiro atoms. The highest BCUT2D eigenvalue weighted by atomic mass is 32.2. The number of aryl methyl sites for hydroxylation is 1. The number of aromatic nitrogens is 3. The Morgan fingerprint density at radius 2 is 1.86 bits per heavy atom. The van der Waals surface area contributed by atoms with Crippen LogP contribution in [0.15, 0.2) is 85.3 Å². The van der Waals surface area contributed by atoms with E-state index >= 15 is 0 Å². The molecule has 1 fully saturated rings. The third kappa shape index (κ3) is 6.66. The van der Waals surface area contributed by atoms with Crippen LogP contribution in [0.3, 0.4) is 0 Å². The number of hydrogen-bond acceptors (Lipinski definition) is 10. The number of nitrogens with zero attached hydrogens (tertiary/aromatic N) is 3. The molecule has 11 heteroatoms. The van der Waals surface area contributed by atoms with Gasteiger partial charge < -0.3 is 29.4 Å². The number of nitrogens with one attached hydrogen (secondary N) is 2. The number of H-pyrrole nitrogens is 1. The Kier molecular flexibility index (Phi) is 9.11. The van der Waals surface area contributed by atoms with Crippen LogP contribution < -0.4 is 15.8 Å². The number of hydrogen-bond donors (Lipinski definition) is 2. The number of morpholine rings is 1. The number of ether oxygens (including phenoxy) is 3. The standard InChI is InChI=1S/C31H33N5O4S2/c1-20-17-32-31(33-18-20)25(19-40-13-12-38-2)34-21-6-7-26-28(14-21)41-27-5-3-4-23(30(27)42-26)24-15-22(16-29(37)35-24)36-8-10-39-11-9-36/h3-7,14-18,25,34H,8-13,19H2,1-2H3,(H,35,37). The molecule has 0 aliphatic carbocycles. The van der Waals surface area contributed by atoms with Crippen molar-refractivity contribution < 1.29 is 14.2 Å². The maximum Gasteiger partial charge on any atom is 0.250 e.